The predicted octanol–water partition coefficient (Wildman–Crippen LogP) is 1.02. The van der Waals surface area contributed by atoms with Crippen molar-refractivity contribution in [2.45, 2.75) is 32.0 Å². The Bertz CT molecular complexity index is 697. The lowest BCUT2D eigenvalue weighted by molar-refractivity contribution is 0.0785. The molecule has 2 aromatic rings. The number of amides is 1. The second-order valence-electron chi connectivity index (χ2n) is 5.89. The van der Waals surface area contributed by atoms with Gasteiger partial charge in [0.1, 0.15) is 17.6 Å². The van der Waals surface area contributed by atoms with Crippen molar-refractivity contribution in [3.63, 3.8) is 0 Å². The third kappa shape index (κ3) is 3.23. The molecule has 1 saturated heterocycles. The minimum atomic E-state index is -0.240. The van der Waals surface area contributed by atoms with Crippen molar-refractivity contribution in [2.24, 2.45) is 0 Å². The summed E-state index contributed by atoms with van der Waals surface area (Å²) in [6.45, 7) is 3.40. The van der Waals surface area contributed by atoms with Crippen LogP contribution in [0.3, 0.4) is 0 Å². The number of ether oxygens (including phenoxy) is 1. The molecule has 3 heterocycles. The molecule has 8 nitrogen and oxygen atoms in total. The fraction of sp³-hybridized carbons (Fsp3) is 0.500. The molecule has 128 valence electrons. The smallest absolute Gasteiger partial charge is 0.271 e. The molecule has 1 amide bonds. The summed E-state index contributed by atoms with van der Waals surface area (Å²) in [5.74, 6) is 0.469. The van der Waals surface area contributed by atoms with Crippen LogP contribution in [0.1, 0.15) is 35.6 Å². The molecule has 2 aromatic heterocycles. The molecular formula is C16H22N6O2. The van der Waals surface area contributed by atoms with Crippen molar-refractivity contribution < 1.29 is 9.53 Å². The van der Waals surface area contributed by atoms with E-state index in [9.17, 15) is 4.79 Å². The molecule has 1 N–H and O–H groups in total. The summed E-state index contributed by atoms with van der Waals surface area (Å²) in [7, 11) is 3.75. The van der Waals surface area contributed by atoms with Gasteiger partial charge in [-0.15, -0.1) is 0 Å². The van der Waals surface area contributed by atoms with Crippen LogP contribution in [0.5, 0.6) is 0 Å². The van der Waals surface area contributed by atoms with Crippen LogP contribution in [-0.4, -0.2) is 52.4 Å². The summed E-state index contributed by atoms with van der Waals surface area (Å²) in [4.78, 5) is 22.7. The first-order chi connectivity index (χ1) is 11.6. The number of nitrogens with zero attached hydrogens (tertiary/aromatic N) is 5. The summed E-state index contributed by atoms with van der Waals surface area (Å²) >= 11 is 0. The zero-order chi connectivity index (χ0) is 17.1. The van der Waals surface area contributed by atoms with Gasteiger partial charge in [-0.1, -0.05) is 0 Å². The topological polar surface area (TPSA) is 85.2 Å². The zero-order valence-electron chi connectivity index (χ0n) is 14.1. The van der Waals surface area contributed by atoms with Gasteiger partial charge in [-0.3, -0.25) is 9.48 Å². The summed E-state index contributed by atoms with van der Waals surface area (Å²) < 4.78 is 7.71. The van der Waals surface area contributed by atoms with Crippen LogP contribution in [0.4, 0.5) is 5.82 Å². The lowest BCUT2D eigenvalue weighted by Gasteiger charge is -2.20. The van der Waals surface area contributed by atoms with Crippen LogP contribution < -0.4 is 10.2 Å². The van der Waals surface area contributed by atoms with Crippen LogP contribution in [0, 0.1) is 0 Å². The standard InChI is InChI=1S/C16H22N6O2/c1-4-22-13(5-7-19-22)15-11(6-8-24-15)20-16(23)12-9-18-14(10-17-12)21(2)3/h5,7,9-11,15H,4,6,8H2,1-3H3,(H,20,23)/t11-,15-/m0/s1. The molecule has 8 heteroatoms. The van der Waals surface area contributed by atoms with E-state index in [1.54, 1.807) is 12.4 Å². The molecule has 3 rings (SSSR count). The maximum Gasteiger partial charge on any atom is 0.271 e. The van der Waals surface area contributed by atoms with E-state index in [1.807, 2.05) is 36.7 Å². The van der Waals surface area contributed by atoms with Crippen LogP contribution >= 0.6 is 0 Å². The predicted molar refractivity (Wildman–Crippen MR) is 88.8 cm³/mol. The summed E-state index contributed by atoms with van der Waals surface area (Å²) in [5, 5.41) is 7.29. The van der Waals surface area contributed by atoms with Gasteiger partial charge in [0.2, 0.25) is 0 Å². The maximum atomic E-state index is 12.4. The van der Waals surface area contributed by atoms with E-state index in [1.165, 1.54) is 6.20 Å². The highest BCUT2D eigenvalue weighted by atomic mass is 16.5. The number of aromatic nitrogens is 4. The van der Waals surface area contributed by atoms with E-state index < -0.39 is 0 Å². The largest absolute Gasteiger partial charge is 0.370 e. The molecule has 0 spiro atoms. The van der Waals surface area contributed by atoms with Crippen molar-refractivity contribution in [2.75, 3.05) is 25.6 Å². The number of nitrogens with one attached hydrogen (secondary N) is 1. The Morgan fingerprint density at radius 2 is 2.25 bits per heavy atom. The van der Waals surface area contributed by atoms with Crippen molar-refractivity contribution in [3.05, 3.63) is 36.0 Å². The highest BCUT2D eigenvalue weighted by molar-refractivity contribution is 5.92. The number of carbonyl (C=O) groups is 1. The van der Waals surface area contributed by atoms with Gasteiger partial charge in [-0.25, -0.2) is 9.97 Å². The Morgan fingerprint density at radius 3 is 2.92 bits per heavy atom. The molecule has 1 fully saturated rings. The Hall–Kier alpha value is -2.48. The van der Waals surface area contributed by atoms with E-state index in [2.05, 4.69) is 20.4 Å². The third-order valence-electron chi connectivity index (χ3n) is 4.08. The Kier molecular flexibility index (Phi) is 4.75. The lowest BCUT2D eigenvalue weighted by Crippen LogP contribution is -2.38. The Balaban J connectivity index is 1.71. The summed E-state index contributed by atoms with van der Waals surface area (Å²) in [6, 6.07) is 1.83. The number of carbonyl (C=O) groups excluding carboxylic acids is 1. The molecular weight excluding hydrogens is 308 g/mol. The molecule has 0 aromatic carbocycles. The molecule has 0 bridgehead atoms. The van der Waals surface area contributed by atoms with Gasteiger partial charge >= 0.3 is 0 Å². The van der Waals surface area contributed by atoms with Gasteiger partial charge in [0, 0.05) is 33.4 Å². The maximum absolute atomic E-state index is 12.4. The van der Waals surface area contributed by atoms with E-state index in [4.69, 9.17) is 4.74 Å². The van der Waals surface area contributed by atoms with Gasteiger partial charge in [0.15, 0.2) is 0 Å². The number of hydrogen-bond donors (Lipinski definition) is 1. The first-order valence-electron chi connectivity index (χ1n) is 8.03. The SMILES string of the molecule is CCn1nccc1[C@H]1OCC[C@@H]1NC(=O)c1cnc(N(C)C)cn1. The van der Waals surface area contributed by atoms with Gasteiger partial charge in [-0.05, 0) is 19.4 Å². The minimum Gasteiger partial charge on any atom is -0.370 e. The first kappa shape index (κ1) is 16.4. The monoisotopic (exact) mass is 330 g/mol. The van der Waals surface area contributed by atoms with Crippen LogP contribution in [0.2, 0.25) is 0 Å². The molecule has 1 aliphatic heterocycles. The van der Waals surface area contributed by atoms with E-state index in [-0.39, 0.29) is 18.1 Å². The highest BCUT2D eigenvalue weighted by Crippen LogP contribution is 2.29. The molecule has 2 atom stereocenters. The zero-order valence-corrected chi connectivity index (χ0v) is 14.1. The molecule has 1 aliphatic rings. The molecule has 0 saturated carbocycles. The van der Waals surface area contributed by atoms with Crippen molar-refractivity contribution >= 4 is 11.7 Å². The Morgan fingerprint density at radius 1 is 1.42 bits per heavy atom. The third-order valence-corrected chi connectivity index (χ3v) is 4.08. The van der Waals surface area contributed by atoms with Crippen molar-refractivity contribution in [3.8, 4) is 0 Å². The lowest BCUT2D eigenvalue weighted by atomic mass is 10.1. The molecule has 0 aliphatic carbocycles. The summed E-state index contributed by atoms with van der Waals surface area (Å²) in [6.07, 6.45) is 5.40. The van der Waals surface area contributed by atoms with E-state index in [0.29, 0.717) is 18.1 Å². The fourth-order valence-electron chi connectivity index (χ4n) is 2.79. The average molecular weight is 330 g/mol. The van der Waals surface area contributed by atoms with Crippen LogP contribution in [0.15, 0.2) is 24.7 Å². The number of hydrogen-bond acceptors (Lipinski definition) is 6. The first-order valence-corrected chi connectivity index (χ1v) is 8.03. The quantitative estimate of drug-likeness (QED) is 0.881. The van der Waals surface area contributed by atoms with Gasteiger partial charge in [-0.2, -0.15) is 5.10 Å². The summed E-state index contributed by atoms with van der Waals surface area (Å²) in [5.41, 5.74) is 1.28. The average Bonchev–Trinajstić information content (AvgIpc) is 3.23. The van der Waals surface area contributed by atoms with Gasteiger partial charge in [0.25, 0.3) is 5.91 Å². The van der Waals surface area contributed by atoms with Gasteiger partial charge in [0.05, 0.1) is 24.1 Å². The highest BCUT2D eigenvalue weighted by Gasteiger charge is 2.33. The molecule has 0 radical (unpaired) electrons. The molecule has 24 heavy (non-hydrogen) atoms. The number of aryl methyl sites for hydroxylation is 1. The second-order valence-corrected chi connectivity index (χ2v) is 5.89. The van der Waals surface area contributed by atoms with Crippen LogP contribution in [-0.2, 0) is 11.3 Å². The van der Waals surface area contributed by atoms with E-state index >= 15 is 0 Å². The number of rotatable bonds is 5. The van der Waals surface area contributed by atoms with Gasteiger partial charge < -0.3 is 15.0 Å². The minimum absolute atomic E-state index is 0.102. The molecule has 0 unspecified atom stereocenters. The van der Waals surface area contributed by atoms with Crippen molar-refractivity contribution in [1.82, 2.24) is 25.1 Å². The Labute approximate surface area is 140 Å². The fourth-order valence-corrected chi connectivity index (χ4v) is 2.79. The second kappa shape index (κ2) is 6.96. The van der Waals surface area contributed by atoms with Crippen molar-refractivity contribution in [1.29, 1.82) is 0 Å². The number of anilines is 1. The normalized spacial score (nSPS) is 20.1. The van der Waals surface area contributed by atoms with E-state index in [0.717, 1.165) is 18.7 Å². The van der Waals surface area contributed by atoms with Crippen LogP contribution in [0.25, 0.3) is 0 Å².